The van der Waals surface area contributed by atoms with E-state index in [0.29, 0.717) is 5.75 Å². The highest BCUT2D eigenvalue weighted by Gasteiger charge is 2.11. The smallest absolute Gasteiger partial charge is 0.311 e. The first kappa shape index (κ1) is 16.3. The number of hydrogen-bond donors (Lipinski definition) is 0. The summed E-state index contributed by atoms with van der Waals surface area (Å²) in [5.74, 6) is -0.630. The Morgan fingerprint density at radius 2 is 1.68 bits per heavy atom. The Kier molecular flexibility index (Phi) is 7.20. The van der Waals surface area contributed by atoms with Gasteiger partial charge in [-0.05, 0) is 24.3 Å². The predicted molar refractivity (Wildman–Crippen MR) is 75.5 cm³/mol. The van der Waals surface area contributed by atoms with E-state index in [1.807, 2.05) is 0 Å². The minimum Gasteiger partial charge on any atom is -0.463 e. The SMILES string of the molecule is O=C(CCC(=O)Oc1ccc(Br)cc1)OCC(Cl)Cl. The zero-order chi connectivity index (χ0) is 14.3. The number of rotatable bonds is 6. The van der Waals surface area contributed by atoms with Crippen molar-refractivity contribution in [2.75, 3.05) is 6.61 Å². The molecule has 0 fully saturated rings. The minimum absolute atomic E-state index is 0.0653. The van der Waals surface area contributed by atoms with Gasteiger partial charge in [-0.3, -0.25) is 9.59 Å². The molecular formula is C12H11BrCl2O4. The third-order valence-electron chi connectivity index (χ3n) is 1.95. The second-order valence-corrected chi connectivity index (χ2v) is 5.69. The van der Waals surface area contributed by atoms with Gasteiger partial charge in [-0.15, -0.1) is 23.2 Å². The fourth-order valence-electron chi connectivity index (χ4n) is 1.12. The molecule has 0 bridgehead atoms. The largest absolute Gasteiger partial charge is 0.463 e. The maximum Gasteiger partial charge on any atom is 0.311 e. The van der Waals surface area contributed by atoms with Crippen LogP contribution in [0.1, 0.15) is 12.8 Å². The molecule has 19 heavy (non-hydrogen) atoms. The van der Waals surface area contributed by atoms with Gasteiger partial charge in [0.25, 0.3) is 0 Å². The molecule has 0 aliphatic rings. The average molecular weight is 370 g/mol. The van der Waals surface area contributed by atoms with E-state index >= 15 is 0 Å². The topological polar surface area (TPSA) is 52.6 Å². The van der Waals surface area contributed by atoms with Gasteiger partial charge in [-0.1, -0.05) is 15.9 Å². The molecule has 0 aliphatic heterocycles. The highest BCUT2D eigenvalue weighted by molar-refractivity contribution is 9.10. The summed E-state index contributed by atoms with van der Waals surface area (Å²) in [6.45, 7) is -0.0935. The number of hydrogen-bond acceptors (Lipinski definition) is 4. The van der Waals surface area contributed by atoms with Crippen LogP contribution >= 0.6 is 39.1 Å². The van der Waals surface area contributed by atoms with Crippen LogP contribution in [0.5, 0.6) is 5.75 Å². The summed E-state index contributed by atoms with van der Waals surface area (Å²) in [4.78, 5) is 21.9. The lowest BCUT2D eigenvalue weighted by Gasteiger charge is -2.05. The number of carbonyl (C=O) groups excluding carboxylic acids is 2. The number of carbonyl (C=O) groups is 2. The van der Waals surface area contributed by atoms with Gasteiger partial charge < -0.3 is 9.47 Å². The van der Waals surface area contributed by atoms with Crippen molar-refractivity contribution in [1.29, 1.82) is 0 Å². The number of alkyl halides is 2. The molecule has 0 spiro atoms. The van der Waals surface area contributed by atoms with E-state index in [4.69, 9.17) is 32.7 Å². The molecule has 0 unspecified atom stereocenters. The number of benzene rings is 1. The molecule has 0 saturated heterocycles. The molecule has 104 valence electrons. The molecule has 0 amide bonds. The van der Waals surface area contributed by atoms with Crippen LogP contribution in [0.2, 0.25) is 0 Å². The van der Waals surface area contributed by atoms with Crippen LogP contribution < -0.4 is 4.74 Å². The van der Waals surface area contributed by atoms with Crippen LogP contribution in [-0.4, -0.2) is 23.4 Å². The molecule has 1 aromatic carbocycles. The van der Waals surface area contributed by atoms with E-state index in [2.05, 4.69) is 15.9 Å². The lowest BCUT2D eigenvalue weighted by Crippen LogP contribution is -2.14. The van der Waals surface area contributed by atoms with Crippen LogP contribution in [-0.2, 0) is 14.3 Å². The quantitative estimate of drug-likeness (QED) is 0.437. The van der Waals surface area contributed by atoms with Crippen molar-refractivity contribution in [2.45, 2.75) is 17.7 Å². The Labute approximate surface area is 129 Å². The van der Waals surface area contributed by atoms with Crippen molar-refractivity contribution in [2.24, 2.45) is 0 Å². The molecule has 0 N–H and O–H groups in total. The van der Waals surface area contributed by atoms with Crippen LogP contribution in [0, 0.1) is 0 Å². The lowest BCUT2D eigenvalue weighted by atomic mass is 10.3. The Morgan fingerprint density at radius 1 is 1.11 bits per heavy atom. The van der Waals surface area contributed by atoms with E-state index in [0.717, 1.165) is 4.47 Å². The van der Waals surface area contributed by atoms with E-state index in [1.165, 1.54) is 0 Å². The molecule has 4 nitrogen and oxygen atoms in total. The van der Waals surface area contributed by atoms with Crippen LogP contribution in [0.25, 0.3) is 0 Å². The number of ether oxygens (including phenoxy) is 2. The highest BCUT2D eigenvalue weighted by Crippen LogP contribution is 2.16. The van der Waals surface area contributed by atoms with Crippen molar-refractivity contribution in [3.8, 4) is 5.75 Å². The van der Waals surface area contributed by atoms with Gasteiger partial charge >= 0.3 is 11.9 Å². The van der Waals surface area contributed by atoms with Crippen LogP contribution in [0.3, 0.4) is 0 Å². The van der Waals surface area contributed by atoms with Crippen molar-refractivity contribution in [3.63, 3.8) is 0 Å². The molecule has 0 radical (unpaired) electrons. The second-order valence-electron chi connectivity index (χ2n) is 3.50. The van der Waals surface area contributed by atoms with Crippen molar-refractivity contribution >= 4 is 51.1 Å². The molecule has 0 heterocycles. The summed E-state index contributed by atoms with van der Waals surface area (Å²) >= 11 is 14.1. The summed E-state index contributed by atoms with van der Waals surface area (Å²) in [6.07, 6.45) is -0.139. The number of esters is 2. The van der Waals surface area contributed by atoms with Gasteiger partial charge in [0.15, 0.2) is 0 Å². The Hall–Kier alpha value is -0.780. The molecule has 7 heteroatoms. The highest BCUT2D eigenvalue weighted by atomic mass is 79.9. The summed E-state index contributed by atoms with van der Waals surface area (Å²) in [7, 11) is 0. The first-order valence-electron chi connectivity index (χ1n) is 5.37. The Morgan fingerprint density at radius 3 is 2.26 bits per heavy atom. The standard InChI is InChI=1S/C12H11BrCl2O4/c13-8-1-3-9(4-2-8)19-12(17)6-5-11(16)18-7-10(14)15/h1-4,10H,5-7H2. The van der Waals surface area contributed by atoms with Crippen LogP contribution in [0.15, 0.2) is 28.7 Å². The van der Waals surface area contributed by atoms with Crippen molar-refractivity contribution < 1.29 is 19.1 Å². The molecule has 1 aromatic rings. The molecular weight excluding hydrogens is 359 g/mol. The summed E-state index contributed by atoms with van der Waals surface area (Å²) < 4.78 is 10.6. The monoisotopic (exact) mass is 368 g/mol. The molecule has 1 rings (SSSR count). The summed E-state index contributed by atoms with van der Waals surface area (Å²) in [6, 6.07) is 6.79. The lowest BCUT2D eigenvalue weighted by molar-refractivity contribution is -0.146. The Balaban J connectivity index is 2.28. The third kappa shape index (κ3) is 7.40. The van der Waals surface area contributed by atoms with E-state index in [-0.39, 0.29) is 19.4 Å². The molecule has 0 atom stereocenters. The predicted octanol–water partition coefficient (Wildman–Crippen LogP) is 3.48. The first-order chi connectivity index (χ1) is 8.97. The van der Waals surface area contributed by atoms with E-state index in [9.17, 15) is 9.59 Å². The average Bonchev–Trinajstić information content (AvgIpc) is 2.36. The first-order valence-corrected chi connectivity index (χ1v) is 7.04. The van der Waals surface area contributed by atoms with Crippen LogP contribution in [0.4, 0.5) is 0 Å². The van der Waals surface area contributed by atoms with E-state index < -0.39 is 16.8 Å². The van der Waals surface area contributed by atoms with Gasteiger partial charge in [0.1, 0.15) is 17.2 Å². The maximum absolute atomic E-state index is 11.4. The minimum atomic E-state index is -0.765. The van der Waals surface area contributed by atoms with Crippen molar-refractivity contribution in [1.82, 2.24) is 0 Å². The summed E-state index contributed by atoms with van der Waals surface area (Å²) in [5.41, 5.74) is 0. The molecule has 0 aromatic heterocycles. The van der Waals surface area contributed by atoms with Crippen molar-refractivity contribution in [3.05, 3.63) is 28.7 Å². The van der Waals surface area contributed by atoms with E-state index in [1.54, 1.807) is 24.3 Å². The van der Waals surface area contributed by atoms with Gasteiger partial charge in [0.2, 0.25) is 0 Å². The maximum atomic E-state index is 11.4. The fourth-order valence-corrected chi connectivity index (χ4v) is 1.51. The number of halogens is 3. The molecule has 0 aliphatic carbocycles. The second kappa shape index (κ2) is 8.40. The zero-order valence-electron chi connectivity index (χ0n) is 9.77. The normalized spacial score (nSPS) is 10.3. The Bertz CT molecular complexity index is 434. The van der Waals surface area contributed by atoms with Gasteiger partial charge in [0, 0.05) is 4.47 Å². The van der Waals surface area contributed by atoms with Gasteiger partial charge in [-0.25, -0.2) is 0 Å². The summed E-state index contributed by atoms with van der Waals surface area (Å²) in [5, 5.41) is 0. The molecule has 0 saturated carbocycles. The van der Waals surface area contributed by atoms with Gasteiger partial charge in [-0.2, -0.15) is 0 Å². The van der Waals surface area contributed by atoms with Gasteiger partial charge in [0.05, 0.1) is 12.8 Å². The fraction of sp³-hybridized carbons (Fsp3) is 0.333. The zero-order valence-corrected chi connectivity index (χ0v) is 12.9. The third-order valence-corrected chi connectivity index (χ3v) is 2.73.